The SMILES string of the molecule is CC1(c2ccc(OC(F)F)cc2)NC(=O)N(CC2CCCCC2)C1=O. The Bertz CT molecular complexity index is 644. The Morgan fingerprint density at radius 2 is 1.84 bits per heavy atom. The number of alkyl halides is 2. The maximum Gasteiger partial charge on any atom is 0.387 e. The predicted octanol–water partition coefficient (Wildman–Crippen LogP) is 3.64. The highest BCUT2D eigenvalue weighted by Gasteiger charge is 2.49. The van der Waals surface area contributed by atoms with Crippen LogP contribution in [0.1, 0.15) is 44.6 Å². The standard InChI is InChI=1S/C18H22F2N2O3/c1-18(13-7-9-14(10-8-13)25-16(19)20)15(23)22(17(24)21-18)11-12-5-3-2-4-6-12/h7-10,12,16H,2-6,11H2,1H3,(H,21,24). The van der Waals surface area contributed by atoms with Gasteiger partial charge in [-0.3, -0.25) is 9.69 Å². The van der Waals surface area contributed by atoms with Crippen molar-refractivity contribution in [3.63, 3.8) is 0 Å². The molecular formula is C18H22F2N2O3. The number of nitrogens with one attached hydrogen (secondary N) is 1. The number of hydrogen-bond donors (Lipinski definition) is 1. The van der Waals surface area contributed by atoms with Gasteiger partial charge in [0.25, 0.3) is 5.91 Å². The fourth-order valence-electron chi connectivity index (χ4n) is 3.66. The number of urea groups is 1. The number of carbonyl (C=O) groups is 2. The van der Waals surface area contributed by atoms with Crippen LogP contribution >= 0.6 is 0 Å². The van der Waals surface area contributed by atoms with Crippen LogP contribution in [0.2, 0.25) is 0 Å². The van der Waals surface area contributed by atoms with Crippen LogP contribution in [0.4, 0.5) is 13.6 Å². The minimum absolute atomic E-state index is 0.0122. The number of rotatable bonds is 5. The molecule has 1 saturated heterocycles. The summed E-state index contributed by atoms with van der Waals surface area (Å²) in [7, 11) is 0. The first-order valence-electron chi connectivity index (χ1n) is 8.59. The van der Waals surface area contributed by atoms with E-state index in [1.54, 1.807) is 6.92 Å². The highest BCUT2D eigenvalue weighted by Crippen LogP contribution is 2.32. The van der Waals surface area contributed by atoms with Gasteiger partial charge in [-0.25, -0.2) is 4.79 Å². The maximum absolute atomic E-state index is 12.9. The number of halogens is 2. The Kier molecular flexibility index (Phi) is 4.92. The predicted molar refractivity (Wildman–Crippen MR) is 87.2 cm³/mol. The van der Waals surface area contributed by atoms with Gasteiger partial charge in [0.2, 0.25) is 0 Å². The van der Waals surface area contributed by atoms with Crippen molar-refractivity contribution in [3.8, 4) is 5.75 Å². The van der Waals surface area contributed by atoms with Crippen LogP contribution in [0.5, 0.6) is 5.75 Å². The molecule has 3 amide bonds. The van der Waals surface area contributed by atoms with Crippen molar-refractivity contribution in [2.45, 2.75) is 51.2 Å². The Hall–Kier alpha value is -2.18. The van der Waals surface area contributed by atoms with Crippen LogP contribution < -0.4 is 10.1 Å². The van der Waals surface area contributed by atoms with Gasteiger partial charge in [0.1, 0.15) is 11.3 Å². The normalized spacial score (nSPS) is 24.7. The first-order chi connectivity index (χ1) is 11.9. The number of imide groups is 1. The Morgan fingerprint density at radius 3 is 2.44 bits per heavy atom. The van der Waals surface area contributed by atoms with Crippen LogP contribution in [0.15, 0.2) is 24.3 Å². The van der Waals surface area contributed by atoms with E-state index in [1.165, 1.54) is 35.6 Å². The summed E-state index contributed by atoms with van der Waals surface area (Å²) in [6, 6.07) is 5.40. The fraction of sp³-hybridized carbons (Fsp3) is 0.556. The van der Waals surface area contributed by atoms with Crippen molar-refractivity contribution < 1.29 is 23.1 Å². The van der Waals surface area contributed by atoms with Gasteiger partial charge in [-0.05, 0) is 43.4 Å². The summed E-state index contributed by atoms with van der Waals surface area (Å²) in [5.41, 5.74) is -0.645. The largest absolute Gasteiger partial charge is 0.435 e. The molecule has 1 heterocycles. The molecule has 0 aromatic heterocycles. The van der Waals surface area contributed by atoms with Crippen LogP contribution in [0, 0.1) is 5.92 Å². The summed E-state index contributed by atoms with van der Waals surface area (Å²) in [5.74, 6) is 0.0661. The molecule has 0 radical (unpaired) electrons. The van der Waals surface area contributed by atoms with Gasteiger partial charge in [0, 0.05) is 6.54 Å². The van der Waals surface area contributed by atoms with E-state index in [2.05, 4.69) is 10.1 Å². The molecular weight excluding hydrogens is 330 g/mol. The highest BCUT2D eigenvalue weighted by molar-refractivity contribution is 6.07. The smallest absolute Gasteiger partial charge is 0.387 e. The van der Waals surface area contributed by atoms with Crippen molar-refractivity contribution in [2.75, 3.05) is 6.54 Å². The van der Waals surface area contributed by atoms with Gasteiger partial charge in [-0.2, -0.15) is 8.78 Å². The summed E-state index contributed by atoms with van der Waals surface area (Å²) in [4.78, 5) is 26.5. The second kappa shape index (κ2) is 6.98. The first kappa shape index (κ1) is 17.6. The minimum Gasteiger partial charge on any atom is -0.435 e. The third kappa shape index (κ3) is 3.60. The number of benzene rings is 1. The Morgan fingerprint density at radius 1 is 1.20 bits per heavy atom. The zero-order valence-corrected chi connectivity index (χ0v) is 14.1. The Labute approximate surface area is 145 Å². The molecule has 1 N–H and O–H groups in total. The van der Waals surface area contributed by atoms with Gasteiger partial charge in [0.15, 0.2) is 0 Å². The van der Waals surface area contributed by atoms with Crippen molar-refractivity contribution in [1.82, 2.24) is 10.2 Å². The molecule has 136 valence electrons. The van der Waals surface area contributed by atoms with E-state index in [-0.39, 0.29) is 11.7 Å². The molecule has 1 aliphatic heterocycles. The van der Waals surface area contributed by atoms with E-state index in [0.29, 0.717) is 18.0 Å². The molecule has 5 nitrogen and oxygen atoms in total. The lowest BCUT2D eigenvalue weighted by Crippen LogP contribution is -2.41. The second-order valence-electron chi connectivity index (χ2n) is 6.88. The summed E-state index contributed by atoms with van der Waals surface area (Å²) in [6.07, 6.45) is 5.55. The molecule has 3 rings (SSSR count). The average Bonchev–Trinajstić information content (AvgIpc) is 2.80. The number of carbonyl (C=O) groups excluding carboxylic acids is 2. The topological polar surface area (TPSA) is 58.6 Å². The van der Waals surface area contributed by atoms with Crippen molar-refractivity contribution in [3.05, 3.63) is 29.8 Å². The van der Waals surface area contributed by atoms with E-state index in [9.17, 15) is 18.4 Å². The number of amides is 3. The number of hydrogen-bond acceptors (Lipinski definition) is 3. The summed E-state index contributed by atoms with van der Waals surface area (Å²) < 4.78 is 28.8. The van der Waals surface area contributed by atoms with E-state index in [4.69, 9.17) is 0 Å². The van der Waals surface area contributed by atoms with Crippen LogP contribution in [0.25, 0.3) is 0 Å². The lowest BCUT2D eigenvalue weighted by Gasteiger charge is -2.26. The molecule has 1 saturated carbocycles. The zero-order valence-electron chi connectivity index (χ0n) is 14.1. The van der Waals surface area contributed by atoms with Crippen molar-refractivity contribution in [1.29, 1.82) is 0 Å². The molecule has 1 atom stereocenters. The van der Waals surface area contributed by atoms with Crippen LogP contribution in [-0.4, -0.2) is 30.0 Å². The lowest BCUT2D eigenvalue weighted by atomic mass is 9.88. The van der Waals surface area contributed by atoms with E-state index < -0.39 is 18.2 Å². The molecule has 1 aliphatic carbocycles. The van der Waals surface area contributed by atoms with Crippen LogP contribution in [-0.2, 0) is 10.3 Å². The molecule has 1 aromatic rings. The van der Waals surface area contributed by atoms with Gasteiger partial charge in [-0.1, -0.05) is 31.4 Å². The molecule has 2 fully saturated rings. The van der Waals surface area contributed by atoms with Crippen molar-refractivity contribution in [2.24, 2.45) is 5.92 Å². The van der Waals surface area contributed by atoms with E-state index in [0.717, 1.165) is 25.7 Å². The van der Waals surface area contributed by atoms with Crippen molar-refractivity contribution >= 4 is 11.9 Å². The van der Waals surface area contributed by atoms with Gasteiger partial charge in [-0.15, -0.1) is 0 Å². The van der Waals surface area contributed by atoms with Gasteiger partial charge < -0.3 is 10.1 Å². The third-order valence-corrected chi connectivity index (χ3v) is 5.10. The molecule has 0 spiro atoms. The summed E-state index contributed by atoms with van der Waals surface area (Å²) in [5, 5.41) is 2.74. The zero-order chi connectivity index (χ0) is 18.0. The van der Waals surface area contributed by atoms with Gasteiger partial charge >= 0.3 is 12.6 Å². The fourth-order valence-corrected chi connectivity index (χ4v) is 3.66. The molecule has 2 aliphatic rings. The first-order valence-corrected chi connectivity index (χ1v) is 8.59. The quantitative estimate of drug-likeness (QED) is 0.823. The van der Waals surface area contributed by atoms with Crippen LogP contribution in [0.3, 0.4) is 0 Å². The lowest BCUT2D eigenvalue weighted by molar-refractivity contribution is -0.131. The molecule has 1 unspecified atom stereocenters. The second-order valence-corrected chi connectivity index (χ2v) is 6.88. The third-order valence-electron chi connectivity index (χ3n) is 5.10. The minimum atomic E-state index is -2.90. The maximum atomic E-state index is 12.9. The summed E-state index contributed by atoms with van der Waals surface area (Å²) in [6.45, 7) is -0.829. The highest BCUT2D eigenvalue weighted by atomic mass is 19.3. The molecule has 7 heteroatoms. The molecule has 25 heavy (non-hydrogen) atoms. The summed E-state index contributed by atoms with van der Waals surface area (Å²) >= 11 is 0. The average molecular weight is 352 g/mol. The monoisotopic (exact) mass is 352 g/mol. The molecule has 0 bridgehead atoms. The molecule has 1 aromatic carbocycles. The Balaban J connectivity index is 1.74. The van der Waals surface area contributed by atoms with Gasteiger partial charge in [0.05, 0.1) is 0 Å². The van der Waals surface area contributed by atoms with E-state index in [1.807, 2.05) is 0 Å². The number of nitrogens with zero attached hydrogens (tertiary/aromatic N) is 1. The van der Waals surface area contributed by atoms with E-state index >= 15 is 0 Å². The number of ether oxygens (including phenoxy) is 1.